The van der Waals surface area contributed by atoms with E-state index >= 15 is 0 Å². The monoisotopic (exact) mass is 309 g/mol. The predicted octanol–water partition coefficient (Wildman–Crippen LogP) is 3.57. The first-order valence-corrected chi connectivity index (χ1v) is 6.40. The summed E-state index contributed by atoms with van der Waals surface area (Å²) in [5, 5.41) is 10.0. The summed E-state index contributed by atoms with van der Waals surface area (Å²) in [7, 11) is 0. The van der Waals surface area contributed by atoms with E-state index in [-0.39, 0.29) is 5.82 Å². The molecular formula is C14H13BrFNO. The molecule has 0 saturated heterocycles. The number of aliphatic hydroxyl groups excluding tert-OH is 1. The minimum atomic E-state index is -0.876. The number of rotatable bonds is 3. The van der Waals surface area contributed by atoms with Gasteiger partial charge in [-0.05, 0) is 46.6 Å². The third kappa shape index (κ3) is 3.15. The van der Waals surface area contributed by atoms with Crippen LogP contribution in [0, 0.1) is 12.7 Å². The van der Waals surface area contributed by atoms with E-state index in [1.54, 1.807) is 24.4 Å². The standard InChI is InChI=1S/C14H13BrFNO/c1-9-2-5-12(13(16)6-9)14(18)7-11-4-3-10(15)8-17-11/h2-6,8,14,18H,7H2,1H3. The van der Waals surface area contributed by atoms with Crippen molar-refractivity contribution in [1.82, 2.24) is 4.98 Å². The van der Waals surface area contributed by atoms with Gasteiger partial charge in [0.2, 0.25) is 0 Å². The molecule has 2 rings (SSSR count). The van der Waals surface area contributed by atoms with Gasteiger partial charge in [0.1, 0.15) is 5.82 Å². The number of aryl methyl sites for hydroxylation is 1. The summed E-state index contributed by atoms with van der Waals surface area (Å²) in [5.74, 6) is -0.375. The minimum Gasteiger partial charge on any atom is -0.388 e. The van der Waals surface area contributed by atoms with Crippen molar-refractivity contribution in [3.63, 3.8) is 0 Å². The Kier molecular flexibility index (Phi) is 4.09. The van der Waals surface area contributed by atoms with Crippen LogP contribution in [-0.2, 0) is 6.42 Å². The molecule has 4 heteroatoms. The van der Waals surface area contributed by atoms with E-state index in [4.69, 9.17) is 0 Å². The van der Waals surface area contributed by atoms with E-state index in [1.807, 2.05) is 13.0 Å². The molecule has 0 fully saturated rings. The second-order valence-electron chi connectivity index (χ2n) is 4.21. The fraction of sp³-hybridized carbons (Fsp3) is 0.214. The average molecular weight is 310 g/mol. The number of hydrogen-bond donors (Lipinski definition) is 1. The molecular weight excluding hydrogens is 297 g/mol. The highest BCUT2D eigenvalue weighted by atomic mass is 79.9. The first kappa shape index (κ1) is 13.2. The molecule has 2 nitrogen and oxygen atoms in total. The molecule has 0 bridgehead atoms. The second-order valence-corrected chi connectivity index (χ2v) is 5.13. The van der Waals surface area contributed by atoms with Gasteiger partial charge in [-0.1, -0.05) is 12.1 Å². The van der Waals surface area contributed by atoms with Crippen molar-refractivity contribution in [2.45, 2.75) is 19.4 Å². The molecule has 1 atom stereocenters. The lowest BCUT2D eigenvalue weighted by Crippen LogP contribution is -2.05. The number of pyridine rings is 1. The average Bonchev–Trinajstić information content (AvgIpc) is 2.32. The Morgan fingerprint density at radius 1 is 1.33 bits per heavy atom. The molecule has 1 N–H and O–H groups in total. The van der Waals surface area contributed by atoms with Gasteiger partial charge in [0, 0.05) is 28.3 Å². The highest BCUT2D eigenvalue weighted by molar-refractivity contribution is 9.10. The van der Waals surface area contributed by atoms with Crippen LogP contribution in [-0.4, -0.2) is 10.1 Å². The topological polar surface area (TPSA) is 33.1 Å². The van der Waals surface area contributed by atoms with E-state index < -0.39 is 6.10 Å². The zero-order valence-corrected chi connectivity index (χ0v) is 11.5. The molecule has 1 heterocycles. The third-order valence-corrected chi connectivity index (χ3v) is 3.18. The van der Waals surface area contributed by atoms with Gasteiger partial charge < -0.3 is 5.11 Å². The summed E-state index contributed by atoms with van der Waals surface area (Å²) in [6.07, 6.45) is 1.08. The van der Waals surface area contributed by atoms with E-state index in [0.717, 1.165) is 15.7 Å². The van der Waals surface area contributed by atoms with Gasteiger partial charge >= 0.3 is 0 Å². The van der Waals surface area contributed by atoms with Gasteiger partial charge in [-0.2, -0.15) is 0 Å². The zero-order valence-electron chi connectivity index (χ0n) is 9.90. The Hall–Kier alpha value is -1.26. The molecule has 94 valence electrons. The SMILES string of the molecule is Cc1ccc(C(O)Cc2ccc(Br)cn2)c(F)c1. The van der Waals surface area contributed by atoms with Gasteiger partial charge in [-0.3, -0.25) is 4.98 Å². The highest BCUT2D eigenvalue weighted by Gasteiger charge is 2.14. The maximum atomic E-state index is 13.7. The van der Waals surface area contributed by atoms with Crippen LogP contribution < -0.4 is 0 Å². The molecule has 1 aromatic heterocycles. The maximum absolute atomic E-state index is 13.7. The van der Waals surface area contributed by atoms with Crippen molar-refractivity contribution in [3.05, 3.63) is 63.6 Å². The van der Waals surface area contributed by atoms with E-state index in [9.17, 15) is 9.50 Å². The quantitative estimate of drug-likeness (QED) is 0.940. The van der Waals surface area contributed by atoms with Crippen LogP contribution in [0.25, 0.3) is 0 Å². The Labute approximate surface area is 114 Å². The number of benzene rings is 1. The Morgan fingerprint density at radius 3 is 2.72 bits per heavy atom. The van der Waals surface area contributed by atoms with Crippen molar-refractivity contribution < 1.29 is 9.50 Å². The van der Waals surface area contributed by atoms with Gasteiger partial charge in [0.05, 0.1) is 6.10 Å². The molecule has 0 aliphatic rings. The van der Waals surface area contributed by atoms with Gasteiger partial charge in [0.15, 0.2) is 0 Å². The number of aliphatic hydroxyl groups is 1. The van der Waals surface area contributed by atoms with Crippen molar-refractivity contribution in [3.8, 4) is 0 Å². The fourth-order valence-electron chi connectivity index (χ4n) is 1.74. The molecule has 1 aromatic carbocycles. The lowest BCUT2D eigenvalue weighted by atomic mass is 10.0. The smallest absolute Gasteiger partial charge is 0.129 e. The summed E-state index contributed by atoms with van der Waals surface area (Å²) < 4.78 is 14.6. The van der Waals surface area contributed by atoms with Crippen LogP contribution in [0.15, 0.2) is 41.0 Å². The molecule has 0 aliphatic heterocycles. The molecule has 0 aliphatic carbocycles. The van der Waals surface area contributed by atoms with Crippen molar-refractivity contribution in [2.24, 2.45) is 0 Å². The molecule has 18 heavy (non-hydrogen) atoms. The van der Waals surface area contributed by atoms with Crippen LogP contribution in [0.3, 0.4) is 0 Å². The Bertz CT molecular complexity index is 542. The summed E-state index contributed by atoms with van der Waals surface area (Å²) >= 11 is 3.29. The zero-order chi connectivity index (χ0) is 13.1. The summed E-state index contributed by atoms with van der Waals surface area (Å²) in [6, 6.07) is 8.48. The number of nitrogens with zero attached hydrogens (tertiary/aromatic N) is 1. The summed E-state index contributed by atoms with van der Waals surface area (Å²) in [5.41, 5.74) is 1.88. The van der Waals surface area contributed by atoms with Crippen molar-refractivity contribution in [2.75, 3.05) is 0 Å². The van der Waals surface area contributed by atoms with Crippen LogP contribution in [0.4, 0.5) is 4.39 Å². The summed E-state index contributed by atoms with van der Waals surface area (Å²) in [6.45, 7) is 1.81. The van der Waals surface area contributed by atoms with Crippen LogP contribution in [0.2, 0.25) is 0 Å². The van der Waals surface area contributed by atoms with Gasteiger partial charge in [-0.15, -0.1) is 0 Å². The lowest BCUT2D eigenvalue weighted by molar-refractivity contribution is 0.172. The predicted molar refractivity (Wildman–Crippen MR) is 71.7 cm³/mol. The van der Waals surface area contributed by atoms with Gasteiger partial charge in [0.25, 0.3) is 0 Å². The Morgan fingerprint density at radius 2 is 2.11 bits per heavy atom. The number of aromatic nitrogens is 1. The van der Waals surface area contributed by atoms with E-state index in [2.05, 4.69) is 20.9 Å². The van der Waals surface area contributed by atoms with Crippen molar-refractivity contribution >= 4 is 15.9 Å². The summed E-state index contributed by atoms with van der Waals surface area (Å²) in [4.78, 5) is 4.16. The molecule has 2 aromatic rings. The lowest BCUT2D eigenvalue weighted by Gasteiger charge is -2.12. The van der Waals surface area contributed by atoms with Crippen molar-refractivity contribution in [1.29, 1.82) is 0 Å². The Balaban J connectivity index is 2.16. The first-order chi connectivity index (χ1) is 8.56. The normalized spacial score (nSPS) is 12.4. The van der Waals surface area contributed by atoms with E-state index in [0.29, 0.717) is 12.0 Å². The molecule has 1 unspecified atom stereocenters. The van der Waals surface area contributed by atoms with Crippen LogP contribution >= 0.6 is 15.9 Å². The fourth-order valence-corrected chi connectivity index (χ4v) is 1.97. The molecule has 0 saturated carbocycles. The third-order valence-electron chi connectivity index (χ3n) is 2.71. The molecule has 0 amide bonds. The van der Waals surface area contributed by atoms with E-state index in [1.165, 1.54) is 6.07 Å². The first-order valence-electron chi connectivity index (χ1n) is 5.61. The minimum absolute atomic E-state index is 0.299. The van der Waals surface area contributed by atoms with Crippen LogP contribution in [0.1, 0.15) is 22.9 Å². The highest BCUT2D eigenvalue weighted by Crippen LogP contribution is 2.21. The molecule has 0 radical (unpaired) electrons. The molecule has 0 spiro atoms. The second kappa shape index (κ2) is 5.59. The maximum Gasteiger partial charge on any atom is 0.129 e. The number of hydrogen-bond acceptors (Lipinski definition) is 2. The van der Waals surface area contributed by atoms with Crippen LogP contribution in [0.5, 0.6) is 0 Å². The van der Waals surface area contributed by atoms with Gasteiger partial charge in [-0.25, -0.2) is 4.39 Å². The largest absolute Gasteiger partial charge is 0.388 e. The number of halogens is 2.